The molecule has 2 N–H and O–H groups in total. The van der Waals surface area contributed by atoms with Crippen LogP contribution >= 0.6 is 0 Å². The second kappa shape index (κ2) is 21.3. The van der Waals surface area contributed by atoms with Gasteiger partial charge in [-0.15, -0.1) is 0 Å². The molecular weight excluding hydrogens is 306 g/mol. The molecule has 25 heavy (non-hydrogen) atoms. The predicted molar refractivity (Wildman–Crippen MR) is 112 cm³/mol. The molecule has 0 fully saturated rings. The van der Waals surface area contributed by atoms with Crippen molar-refractivity contribution in [2.45, 2.75) is 129 Å². The van der Waals surface area contributed by atoms with Gasteiger partial charge in [0.2, 0.25) is 0 Å². The zero-order chi connectivity index (χ0) is 18.4. The van der Waals surface area contributed by atoms with Gasteiger partial charge in [-0.1, -0.05) is 103 Å². The Balaban J connectivity index is 3.05. The molecule has 2 heteroatoms. The van der Waals surface area contributed by atoms with Gasteiger partial charge in [-0.3, -0.25) is 0 Å². The molecule has 0 spiro atoms. The van der Waals surface area contributed by atoms with Crippen LogP contribution in [0.5, 0.6) is 0 Å². The molecule has 0 bridgehead atoms. The predicted octanol–water partition coefficient (Wildman–Crippen LogP) is 7.46. The standard InChI is InChI=1S/C23H45NO/c1-2-20-23(24)21-18-16-14-12-10-8-6-4-3-5-7-9-11-13-15-17-19-22-25/h20,22H,2-19,21,24H2,1H3/b23-20+. The quantitative estimate of drug-likeness (QED) is 0.183. The summed E-state index contributed by atoms with van der Waals surface area (Å²) >= 11 is 0. The number of allylic oxidation sites excluding steroid dienone is 2. The highest BCUT2D eigenvalue weighted by atomic mass is 16.1. The van der Waals surface area contributed by atoms with E-state index in [2.05, 4.69) is 13.0 Å². The van der Waals surface area contributed by atoms with Gasteiger partial charge in [0.15, 0.2) is 0 Å². The van der Waals surface area contributed by atoms with Crippen LogP contribution in [0.1, 0.15) is 129 Å². The highest BCUT2D eigenvalue weighted by Gasteiger charge is 1.95. The summed E-state index contributed by atoms with van der Waals surface area (Å²) in [7, 11) is 0. The summed E-state index contributed by atoms with van der Waals surface area (Å²) in [4.78, 5) is 10.2. The summed E-state index contributed by atoms with van der Waals surface area (Å²) in [5.74, 6) is 0. The Hall–Kier alpha value is -0.790. The second-order valence-electron chi connectivity index (χ2n) is 7.55. The largest absolute Gasteiger partial charge is 0.402 e. The first-order chi connectivity index (χ1) is 12.3. The topological polar surface area (TPSA) is 43.1 Å². The number of unbranched alkanes of at least 4 members (excludes halogenated alkanes) is 16. The van der Waals surface area contributed by atoms with Crippen LogP contribution in [0.15, 0.2) is 11.8 Å². The molecule has 0 saturated heterocycles. The number of rotatable bonds is 20. The van der Waals surface area contributed by atoms with Crippen molar-refractivity contribution in [1.29, 1.82) is 0 Å². The average molecular weight is 352 g/mol. The van der Waals surface area contributed by atoms with Crippen LogP contribution < -0.4 is 5.73 Å². The third-order valence-electron chi connectivity index (χ3n) is 5.00. The molecule has 148 valence electrons. The van der Waals surface area contributed by atoms with Crippen molar-refractivity contribution in [2.75, 3.05) is 0 Å². The first-order valence-electron chi connectivity index (χ1n) is 11.2. The van der Waals surface area contributed by atoms with E-state index < -0.39 is 0 Å². The highest BCUT2D eigenvalue weighted by Crippen LogP contribution is 2.14. The fraction of sp³-hybridized carbons (Fsp3) is 0.870. The van der Waals surface area contributed by atoms with Crippen LogP contribution in [-0.4, -0.2) is 6.29 Å². The Bertz CT molecular complexity index is 298. The van der Waals surface area contributed by atoms with E-state index in [1.165, 1.54) is 96.3 Å². The molecule has 0 amide bonds. The van der Waals surface area contributed by atoms with Gasteiger partial charge in [0, 0.05) is 12.1 Å². The number of nitrogens with two attached hydrogens (primary N) is 1. The maximum Gasteiger partial charge on any atom is 0.119 e. The summed E-state index contributed by atoms with van der Waals surface area (Å²) in [6, 6.07) is 0. The van der Waals surface area contributed by atoms with Gasteiger partial charge in [0.25, 0.3) is 0 Å². The van der Waals surface area contributed by atoms with Gasteiger partial charge in [0.1, 0.15) is 6.29 Å². The van der Waals surface area contributed by atoms with Gasteiger partial charge in [-0.2, -0.15) is 0 Å². The highest BCUT2D eigenvalue weighted by molar-refractivity contribution is 5.48. The Morgan fingerprint density at radius 3 is 1.36 bits per heavy atom. The third kappa shape index (κ3) is 21.2. The van der Waals surface area contributed by atoms with Crippen molar-refractivity contribution in [2.24, 2.45) is 5.73 Å². The number of carbonyl (C=O) groups is 1. The minimum Gasteiger partial charge on any atom is -0.402 e. The zero-order valence-electron chi connectivity index (χ0n) is 17.1. The van der Waals surface area contributed by atoms with Crippen LogP contribution in [0, 0.1) is 0 Å². The minimum atomic E-state index is 0.755. The van der Waals surface area contributed by atoms with Crippen LogP contribution in [0.25, 0.3) is 0 Å². The molecule has 2 nitrogen and oxygen atoms in total. The number of carbonyl (C=O) groups excluding carboxylic acids is 1. The maximum atomic E-state index is 10.2. The zero-order valence-corrected chi connectivity index (χ0v) is 17.1. The maximum absolute atomic E-state index is 10.2. The lowest BCUT2D eigenvalue weighted by molar-refractivity contribution is -0.107. The third-order valence-corrected chi connectivity index (χ3v) is 5.00. The van der Waals surface area contributed by atoms with E-state index in [1.807, 2.05) is 0 Å². The Morgan fingerprint density at radius 1 is 0.640 bits per heavy atom. The van der Waals surface area contributed by atoms with Crippen molar-refractivity contribution in [3.8, 4) is 0 Å². The monoisotopic (exact) mass is 351 g/mol. The van der Waals surface area contributed by atoms with E-state index in [-0.39, 0.29) is 0 Å². The lowest BCUT2D eigenvalue weighted by Crippen LogP contribution is -1.96. The first-order valence-corrected chi connectivity index (χ1v) is 11.2. The van der Waals surface area contributed by atoms with Crippen LogP contribution in [-0.2, 0) is 4.79 Å². The molecular formula is C23H45NO. The van der Waals surface area contributed by atoms with Gasteiger partial charge in [-0.05, 0) is 25.7 Å². The number of hydrogen-bond acceptors (Lipinski definition) is 2. The Kier molecular flexibility index (Phi) is 20.6. The smallest absolute Gasteiger partial charge is 0.119 e. The summed E-state index contributed by atoms with van der Waals surface area (Å²) in [5, 5.41) is 0. The fourth-order valence-corrected chi connectivity index (χ4v) is 3.40. The molecule has 0 saturated carbocycles. The molecule has 0 atom stereocenters. The van der Waals surface area contributed by atoms with Crippen LogP contribution in [0.3, 0.4) is 0 Å². The van der Waals surface area contributed by atoms with E-state index in [0.29, 0.717) is 0 Å². The van der Waals surface area contributed by atoms with Crippen LogP contribution in [0.2, 0.25) is 0 Å². The average Bonchev–Trinajstić information content (AvgIpc) is 2.61. The van der Waals surface area contributed by atoms with E-state index >= 15 is 0 Å². The van der Waals surface area contributed by atoms with Crippen LogP contribution in [0.4, 0.5) is 0 Å². The molecule has 0 rings (SSSR count). The van der Waals surface area contributed by atoms with Gasteiger partial charge < -0.3 is 10.5 Å². The molecule has 0 aliphatic rings. The van der Waals surface area contributed by atoms with E-state index in [4.69, 9.17) is 5.73 Å². The first kappa shape index (κ1) is 24.2. The van der Waals surface area contributed by atoms with Crippen molar-refractivity contribution in [1.82, 2.24) is 0 Å². The lowest BCUT2D eigenvalue weighted by atomic mass is 10.0. The summed E-state index contributed by atoms with van der Waals surface area (Å²) in [5.41, 5.74) is 6.99. The fourth-order valence-electron chi connectivity index (χ4n) is 3.40. The molecule has 0 aromatic carbocycles. The molecule has 0 heterocycles. The lowest BCUT2D eigenvalue weighted by Gasteiger charge is -2.04. The van der Waals surface area contributed by atoms with Gasteiger partial charge >= 0.3 is 0 Å². The van der Waals surface area contributed by atoms with Crippen molar-refractivity contribution in [3.63, 3.8) is 0 Å². The van der Waals surface area contributed by atoms with Crippen molar-refractivity contribution >= 4 is 6.29 Å². The second-order valence-corrected chi connectivity index (χ2v) is 7.55. The number of aldehydes is 1. The SMILES string of the molecule is CC/C=C(/N)CCCCCCCCCCCCCCCCCCC=O. The molecule has 0 radical (unpaired) electrons. The Labute approximate surface area is 158 Å². The van der Waals surface area contributed by atoms with Gasteiger partial charge in [-0.25, -0.2) is 0 Å². The van der Waals surface area contributed by atoms with Crippen molar-refractivity contribution < 1.29 is 4.79 Å². The Morgan fingerprint density at radius 2 is 1.00 bits per heavy atom. The van der Waals surface area contributed by atoms with Crippen molar-refractivity contribution in [3.05, 3.63) is 11.8 Å². The molecule has 0 aliphatic heterocycles. The number of hydrogen-bond donors (Lipinski definition) is 1. The molecule has 0 aromatic heterocycles. The van der Waals surface area contributed by atoms with E-state index in [0.717, 1.165) is 37.7 Å². The summed E-state index contributed by atoms with van der Waals surface area (Å²) in [6.45, 7) is 2.15. The minimum absolute atomic E-state index is 0.755. The summed E-state index contributed by atoms with van der Waals surface area (Å²) in [6.07, 6.45) is 27.8. The molecule has 0 aromatic rings. The molecule has 0 aliphatic carbocycles. The summed E-state index contributed by atoms with van der Waals surface area (Å²) < 4.78 is 0. The van der Waals surface area contributed by atoms with E-state index in [1.54, 1.807) is 0 Å². The van der Waals surface area contributed by atoms with E-state index in [9.17, 15) is 4.79 Å². The molecule has 0 unspecified atom stereocenters. The van der Waals surface area contributed by atoms with Gasteiger partial charge in [0.05, 0.1) is 0 Å². The normalized spacial score (nSPS) is 11.8.